The van der Waals surface area contributed by atoms with Crippen molar-refractivity contribution in [3.05, 3.63) is 83.9 Å². The first-order valence-electron chi connectivity index (χ1n) is 8.60. The van der Waals surface area contributed by atoms with Gasteiger partial charge in [0.2, 0.25) is 0 Å². The first-order valence-corrected chi connectivity index (χ1v) is 8.60. The average Bonchev–Trinajstić information content (AvgIpc) is 2.74. The van der Waals surface area contributed by atoms with Gasteiger partial charge >= 0.3 is 0 Å². The molecule has 0 aromatic heterocycles. The molecular formula is C22H20N2O4. The lowest BCUT2D eigenvalue weighted by atomic mass is 10.1. The summed E-state index contributed by atoms with van der Waals surface area (Å²) in [6.45, 7) is 0. The molecule has 28 heavy (non-hydrogen) atoms. The van der Waals surface area contributed by atoms with E-state index < -0.39 is 0 Å². The lowest BCUT2D eigenvalue weighted by Crippen LogP contribution is -2.15. The third kappa shape index (κ3) is 4.48. The van der Waals surface area contributed by atoms with Crippen molar-refractivity contribution in [1.82, 2.24) is 0 Å². The second-order valence-electron chi connectivity index (χ2n) is 5.92. The average molecular weight is 376 g/mol. The monoisotopic (exact) mass is 376 g/mol. The van der Waals surface area contributed by atoms with Crippen molar-refractivity contribution in [3.63, 3.8) is 0 Å². The molecule has 3 aromatic rings. The van der Waals surface area contributed by atoms with Crippen LogP contribution in [-0.4, -0.2) is 26.0 Å². The molecule has 6 nitrogen and oxygen atoms in total. The van der Waals surface area contributed by atoms with Crippen LogP contribution in [0.1, 0.15) is 20.7 Å². The Balaban J connectivity index is 1.74. The van der Waals surface area contributed by atoms with E-state index in [0.717, 1.165) is 0 Å². The molecule has 2 N–H and O–H groups in total. The SMILES string of the molecule is COc1ccc(NC(=O)c2cccc(C(=O)Nc3ccccc3)c2)cc1OC. The molecule has 0 radical (unpaired) electrons. The number of nitrogens with one attached hydrogen (secondary N) is 2. The van der Waals surface area contributed by atoms with Crippen molar-refractivity contribution >= 4 is 23.2 Å². The number of methoxy groups -OCH3 is 2. The van der Waals surface area contributed by atoms with Crippen LogP contribution < -0.4 is 20.1 Å². The summed E-state index contributed by atoms with van der Waals surface area (Å²) < 4.78 is 10.4. The van der Waals surface area contributed by atoms with Crippen LogP contribution in [0.5, 0.6) is 11.5 Å². The predicted molar refractivity (Wildman–Crippen MR) is 108 cm³/mol. The lowest BCUT2D eigenvalue weighted by molar-refractivity contribution is 0.102. The van der Waals surface area contributed by atoms with E-state index >= 15 is 0 Å². The fourth-order valence-electron chi connectivity index (χ4n) is 2.64. The van der Waals surface area contributed by atoms with E-state index in [9.17, 15) is 9.59 Å². The standard InChI is InChI=1S/C22H20N2O4/c1-27-19-12-11-18(14-20(19)28-2)24-22(26)16-8-6-7-15(13-16)21(25)23-17-9-4-3-5-10-17/h3-14H,1-2H3,(H,23,25)(H,24,26). The third-order valence-corrected chi connectivity index (χ3v) is 4.06. The van der Waals surface area contributed by atoms with Crippen LogP contribution >= 0.6 is 0 Å². The Bertz CT molecular complexity index is 987. The zero-order valence-electron chi connectivity index (χ0n) is 15.6. The summed E-state index contributed by atoms with van der Waals surface area (Å²) in [5, 5.41) is 5.59. The molecule has 2 amide bonds. The van der Waals surface area contributed by atoms with E-state index in [0.29, 0.717) is 34.0 Å². The van der Waals surface area contributed by atoms with Crippen LogP contribution in [0.4, 0.5) is 11.4 Å². The summed E-state index contributed by atoms with van der Waals surface area (Å²) >= 11 is 0. The maximum atomic E-state index is 12.6. The fourth-order valence-corrected chi connectivity index (χ4v) is 2.64. The Morgan fingerprint density at radius 1 is 0.643 bits per heavy atom. The maximum Gasteiger partial charge on any atom is 0.255 e. The molecule has 0 fully saturated rings. The number of para-hydroxylation sites is 1. The molecule has 0 saturated heterocycles. The van der Waals surface area contributed by atoms with Crippen LogP contribution in [0.3, 0.4) is 0 Å². The van der Waals surface area contributed by atoms with Gasteiger partial charge < -0.3 is 20.1 Å². The highest BCUT2D eigenvalue weighted by atomic mass is 16.5. The summed E-state index contributed by atoms with van der Waals surface area (Å²) in [4.78, 5) is 25.0. The quantitative estimate of drug-likeness (QED) is 0.676. The highest BCUT2D eigenvalue weighted by molar-refractivity contribution is 6.08. The number of hydrogen-bond acceptors (Lipinski definition) is 4. The number of benzene rings is 3. The van der Waals surface area contributed by atoms with Gasteiger partial charge in [0, 0.05) is 28.6 Å². The summed E-state index contributed by atoms with van der Waals surface area (Å²) in [6.07, 6.45) is 0. The Labute approximate surface area is 163 Å². The van der Waals surface area contributed by atoms with Crippen molar-refractivity contribution in [2.75, 3.05) is 24.9 Å². The Morgan fingerprint density at radius 2 is 1.25 bits per heavy atom. The van der Waals surface area contributed by atoms with E-state index in [1.807, 2.05) is 18.2 Å². The van der Waals surface area contributed by atoms with Gasteiger partial charge in [0.15, 0.2) is 11.5 Å². The van der Waals surface area contributed by atoms with Gasteiger partial charge in [-0.15, -0.1) is 0 Å². The summed E-state index contributed by atoms with van der Waals surface area (Å²) in [7, 11) is 3.07. The summed E-state index contributed by atoms with van der Waals surface area (Å²) in [6, 6.07) is 20.8. The smallest absolute Gasteiger partial charge is 0.255 e. The fraction of sp³-hybridized carbons (Fsp3) is 0.0909. The molecule has 0 bridgehead atoms. The molecule has 0 aliphatic heterocycles. The minimum absolute atomic E-state index is 0.285. The topological polar surface area (TPSA) is 76.7 Å². The molecule has 0 spiro atoms. The number of carbonyl (C=O) groups is 2. The molecule has 3 aromatic carbocycles. The second-order valence-corrected chi connectivity index (χ2v) is 5.92. The normalized spacial score (nSPS) is 10.1. The molecule has 0 aliphatic rings. The van der Waals surface area contributed by atoms with Crippen LogP contribution in [0, 0.1) is 0 Å². The van der Waals surface area contributed by atoms with Crippen molar-refractivity contribution in [3.8, 4) is 11.5 Å². The van der Waals surface area contributed by atoms with Crippen molar-refractivity contribution in [2.45, 2.75) is 0 Å². The van der Waals surface area contributed by atoms with E-state index in [4.69, 9.17) is 9.47 Å². The van der Waals surface area contributed by atoms with Crippen LogP contribution in [0.2, 0.25) is 0 Å². The highest BCUT2D eigenvalue weighted by Crippen LogP contribution is 2.29. The highest BCUT2D eigenvalue weighted by Gasteiger charge is 2.12. The molecule has 6 heteroatoms. The zero-order valence-corrected chi connectivity index (χ0v) is 15.6. The number of carbonyl (C=O) groups excluding carboxylic acids is 2. The van der Waals surface area contributed by atoms with Crippen molar-refractivity contribution in [1.29, 1.82) is 0 Å². The van der Waals surface area contributed by atoms with E-state index in [2.05, 4.69) is 10.6 Å². The number of ether oxygens (including phenoxy) is 2. The van der Waals surface area contributed by atoms with Crippen LogP contribution in [0.15, 0.2) is 72.8 Å². The number of hydrogen-bond donors (Lipinski definition) is 2. The van der Waals surface area contributed by atoms with Crippen molar-refractivity contribution in [2.24, 2.45) is 0 Å². The number of amides is 2. The molecule has 0 aliphatic carbocycles. The Morgan fingerprint density at radius 3 is 1.86 bits per heavy atom. The molecular weight excluding hydrogens is 356 g/mol. The first-order chi connectivity index (χ1) is 13.6. The van der Waals surface area contributed by atoms with Gasteiger partial charge in [-0.2, -0.15) is 0 Å². The van der Waals surface area contributed by atoms with Gasteiger partial charge in [-0.3, -0.25) is 9.59 Å². The second kappa shape index (κ2) is 8.73. The largest absolute Gasteiger partial charge is 0.493 e. The van der Waals surface area contributed by atoms with Crippen molar-refractivity contribution < 1.29 is 19.1 Å². The van der Waals surface area contributed by atoms with Gasteiger partial charge in [0.1, 0.15) is 0 Å². The zero-order chi connectivity index (χ0) is 19.9. The van der Waals surface area contributed by atoms with Crippen LogP contribution in [0.25, 0.3) is 0 Å². The minimum atomic E-state index is -0.332. The molecule has 0 atom stereocenters. The Hall–Kier alpha value is -3.80. The van der Waals surface area contributed by atoms with Gasteiger partial charge in [0.25, 0.3) is 11.8 Å². The molecule has 3 rings (SSSR count). The van der Waals surface area contributed by atoms with Crippen LogP contribution in [-0.2, 0) is 0 Å². The minimum Gasteiger partial charge on any atom is -0.493 e. The number of anilines is 2. The van der Waals surface area contributed by atoms with E-state index in [1.165, 1.54) is 7.11 Å². The van der Waals surface area contributed by atoms with E-state index in [-0.39, 0.29) is 11.8 Å². The lowest BCUT2D eigenvalue weighted by Gasteiger charge is -2.11. The predicted octanol–water partition coefficient (Wildman–Crippen LogP) is 4.21. The molecule has 0 saturated carbocycles. The first kappa shape index (κ1) is 19.0. The summed E-state index contributed by atoms with van der Waals surface area (Å²) in [5.41, 5.74) is 2.01. The maximum absolute atomic E-state index is 12.6. The van der Waals surface area contributed by atoms with Gasteiger partial charge in [-0.1, -0.05) is 24.3 Å². The molecule has 0 heterocycles. The third-order valence-electron chi connectivity index (χ3n) is 4.06. The van der Waals surface area contributed by atoms with E-state index in [1.54, 1.807) is 61.7 Å². The number of rotatable bonds is 6. The van der Waals surface area contributed by atoms with Gasteiger partial charge in [0.05, 0.1) is 14.2 Å². The Kier molecular flexibility index (Phi) is 5.91. The van der Waals surface area contributed by atoms with Gasteiger partial charge in [-0.05, 0) is 42.5 Å². The molecule has 0 unspecified atom stereocenters. The molecule has 142 valence electrons. The van der Waals surface area contributed by atoms with Gasteiger partial charge in [-0.25, -0.2) is 0 Å². The summed E-state index contributed by atoms with van der Waals surface area (Å²) in [5.74, 6) is 0.463.